The summed E-state index contributed by atoms with van der Waals surface area (Å²) in [4.78, 5) is 24.6. The third-order valence-corrected chi connectivity index (χ3v) is 2.88. The predicted molar refractivity (Wildman–Crippen MR) is 78.2 cm³/mol. The van der Waals surface area contributed by atoms with Gasteiger partial charge in [0.1, 0.15) is 17.2 Å². The standard InChI is InChI=1S/C15H17N3O4/c1-10-6-12(17-22-10)8-18(2)15(20)11-4-3-5-13(7-11)21-9-14(16)19/h3-7H,8-9H2,1-2H3,(H2,16,19). The normalized spacial score (nSPS) is 10.3. The maximum absolute atomic E-state index is 12.4. The first-order valence-corrected chi connectivity index (χ1v) is 6.64. The van der Waals surface area contributed by atoms with Gasteiger partial charge in [-0.1, -0.05) is 11.2 Å². The van der Waals surface area contributed by atoms with E-state index in [2.05, 4.69) is 5.16 Å². The highest BCUT2D eigenvalue weighted by molar-refractivity contribution is 5.94. The molecule has 0 atom stereocenters. The lowest BCUT2D eigenvalue weighted by Crippen LogP contribution is -2.26. The van der Waals surface area contributed by atoms with Crippen LogP contribution in [0.25, 0.3) is 0 Å². The fourth-order valence-electron chi connectivity index (χ4n) is 1.90. The number of nitrogens with zero attached hydrogens (tertiary/aromatic N) is 2. The summed E-state index contributed by atoms with van der Waals surface area (Å²) in [5, 5.41) is 3.85. The van der Waals surface area contributed by atoms with Crippen molar-refractivity contribution in [3.05, 3.63) is 47.3 Å². The van der Waals surface area contributed by atoms with Crippen LogP contribution >= 0.6 is 0 Å². The third-order valence-electron chi connectivity index (χ3n) is 2.88. The molecule has 1 heterocycles. The van der Waals surface area contributed by atoms with Gasteiger partial charge < -0.3 is 19.9 Å². The minimum Gasteiger partial charge on any atom is -0.484 e. The van der Waals surface area contributed by atoms with E-state index >= 15 is 0 Å². The number of aryl methyl sites for hydroxylation is 1. The number of nitrogens with two attached hydrogens (primary N) is 1. The number of carbonyl (C=O) groups is 2. The molecule has 7 nitrogen and oxygen atoms in total. The molecule has 0 radical (unpaired) electrons. The number of hydrogen-bond donors (Lipinski definition) is 1. The summed E-state index contributed by atoms with van der Waals surface area (Å²) in [5.41, 5.74) is 6.14. The SMILES string of the molecule is Cc1cc(CN(C)C(=O)c2cccc(OCC(N)=O)c2)no1. The second kappa shape index (κ2) is 6.75. The molecule has 0 bridgehead atoms. The van der Waals surface area contributed by atoms with E-state index in [0.717, 1.165) is 0 Å². The first kappa shape index (κ1) is 15.6. The minimum absolute atomic E-state index is 0.190. The van der Waals surface area contributed by atoms with Gasteiger partial charge in [-0.15, -0.1) is 0 Å². The van der Waals surface area contributed by atoms with Crippen LogP contribution in [0, 0.1) is 6.92 Å². The minimum atomic E-state index is -0.574. The molecular formula is C15H17N3O4. The van der Waals surface area contributed by atoms with Crippen molar-refractivity contribution in [1.82, 2.24) is 10.1 Å². The first-order valence-electron chi connectivity index (χ1n) is 6.64. The van der Waals surface area contributed by atoms with E-state index in [4.69, 9.17) is 15.0 Å². The molecule has 0 fully saturated rings. The number of primary amides is 1. The summed E-state index contributed by atoms with van der Waals surface area (Å²) in [5.74, 6) is 0.341. The Balaban J connectivity index is 2.04. The van der Waals surface area contributed by atoms with Crippen LogP contribution in [0.5, 0.6) is 5.75 Å². The molecule has 22 heavy (non-hydrogen) atoms. The molecule has 0 aliphatic rings. The molecule has 2 N–H and O–H groups in total. The van der Waals surface area contributed by atoms with Crippen molar-refractivity contribution in [2.75, 3.05) is 13.7 Å². The van der Waals surface area contributed by atoms with Crippen LogP contribution in [0.3, 0.4) is 0 Å². The van der Waals surface area contributed by atoms with Crippen LogP contribution in [-0.4, -0.2) is 35.5 Å². The Bertz CT molecular complexity index is 681. The Hall–Kier alpha value is -2.83. The molecule has 1 aromatic heterocycles. The van der Waals surface area contributed by atoms with E-state index in [-0.39, 0.29) is 12.5 Å². The number of carbonyl (C=O) groups excluding carboxylic acids is 2. The van der Waals surface area contributed by atoms with Crippen LogP contribution in [0.15, 0.2) is 34.9 Å². The Kier molecular flexibility index (Phi) is 4.77. The number of benzene rings is 1. The predicted octanol–water partition coefficient (Wildman–Crippen LogP) is 1.12. The molecule has 0 aliphatic carbocycles. The molecule has 0 saturated carbocycles. The molecule has 2 amide bonds. The molecular weight excluding hydrogens is 286 g/mol. The number of aromatic nitrogens is 1. The Morgan fingerprint density at radius 2 is 2.14 bits per heavy atom. The highest BCUT2D eigenvalue weighted by Crippen LogP contribution is 2.15. The zero-order chi connectivity index (χ0) is 16.1. The third kappa shape index (κ3) is 4.08. The molecule has 7 heteroatoms. The highest BCUT2D eigenvalue weighted by atomic mass is 16.5. The fraction of sp³-hybridized carbons (Fsp3) is 0.267. The van der Waals surface area contributed by atoms with Gasteiger partial charge >= 0.3 is 0 Å². The maximum Gasteiger partial charge on any atom is 0.255 e. The van der Waals surface area contributed by atoms with Crippen molar-refractivity contribution in [2.45, 2.75) is 13.5 Å². The number of amides is 2. The topological polar surface area (TPSA) is 98.7 Å². The lowest BCUT2D eigenvalue weighted by molar-refractivity contribution is -0.119. The van der Waals surface area contributed by atoms with E-state index in [1.54, 1.807) is 44.3 Å². The van der Waals surface area contributed by atoms with Gasteiger partial charge in [0.2, 0.25) is 0 Å². The van der Waals surface area contributed by atoms with Gasteiger partial charge in [-0.2, -0.15) is 0 Å². The molecule has 0 spiro atoms. The van der Waals surface area contributed by atoms with Gasteiger partial charge in [-0.25, -0.2) is 0 Å². The zero-order valence-electron chi connectivity index (χ0n) is 12.4. The van der Waals surface area contributed by atoms with Crippen LogP contribution in [0.4, 0.5) is 0 Å². The lowest BCUT2D eigenvalue weighted by atomic mass is 10.2. The Labute approximate surface area is 127 Å². The molecule has 0 aliphatic heterocycles. The maximum atomic E-state index is 12.4. The van der Waals surface area contributed by atoms with Gasteiger partial charge in [0, 0.05) is 18.7 Å². The fourth-order valence-corrected chi connectivity index (χ4v) is 1.90. The first-order chi connectivity index (χ1) is 10.5. The molecule has 2 rings (SSSR count). The lowest BCUT2D eigenvalue weighted by Gasteiger charge is -2.16. The number of rotatable bonds is 6. The van der Waals surface area contributed by atoms with Crippen molar-refractivity contribution in [1.29, 1.82) is 0 Å². The smallest absolute Gasteiger partial charge is 0.255 e. The summed E-state index contributed by atoms with van der Waals surface area (Å²) < 4.78 is 10.2. The van der Waals surface area contributed by atoms with E-state index in [9.17, 15) is 9.59 Å². The average Bonchev–Trinajstić information content (AvgIpc) is 2.89. The van der Waals surface area contributed by atoms with Crippen LogP contribution in [-0.2, 0) is 11.3 Å². The van der Waals surface area contributed by atoms with Crippen LogP contribution < -0.4 is 10.5 Å². The Morgan fingerprint density at radius 1 is 1.36 bits per heavy atom. The molecule has 0 saturated heterocycles. The van der Waals surface area contributed by atoms with Crippen molar-refractivity contribution in [2.24, 2.45) is 5.73 Å². The molecule has 116 valence electrons. The quantitative estimate of drug-likeness (QED) is 0.862. The summed E-state index contributed by atoms with van der Waals surface area (Å²) in [6.45, 7) is 1.89. The van der Waals surface area contributed by atoms with Crippen molar-refractivity contribution >= 4 is 11.8 Å². The Morgan fingerprint density at radius 3 is 2.77 bits per heavy atom. The highest BCUT2D eigenvalue weighted by Gasteiger charge is 2.14. The average molecular weight is 303 g/mol. The monoisotopic (exact) mass is 303 g/mol. The summed E-state index contributed by atoms with van der Waals surface area (Å²) in [6.07, 6.45) is 0. The van der Waals surface area contributed by atoms with Gasteiger partial charge in [0.25, 0.3) is 11.8 Å². The van der Waals surface area contributed by atoms with E-state index < -0.39 is 5.91 Å². The number of hydrogen-bond acceptors (Lipinski definition) is 5. The second-order valence-electron chi connectivity index (χ2n) is 4.87. The van der Waals surface area contributed by atoms with Gasteiger partial charge in [-0.3, -0.25) is 9.59 Å². The summed E-state index contributed by atoms with van der Waals surface area (Å²) in [7, 11) is 1.67. The van der Waals surface area contributed by atoms with Gasteiger partial charge in [0.05, 0.1) is 6.54 Å². The number of ether oxygens (including phenoxy) is 1. The molecule has 2 aromatic rings. The van der Waals surface area contributed by atoms with Crippen molar-refractivity contribution < 1.29 is 18.8 Å². The summed E-state index contributed by atoms with van der Waals surface area (Å²) >= 11 is 0. The van der Waals surface area contributed by atoms with E-state index in [1.165, 1.54) is 4.90 Å². The van der Waals surface area contributed by atoms with Crippen LogP contribution in [0.2, 0.25) is 0 Å². The molecule has 1 aromatic carbocycles. The molecule has 0 unspecified atom stereocenters. The second-order valence-corrected chi connectivity index (χ2v) is 4.87. The van der Waals surface area contributed by atoms with Gasteiger partial charge in [-0.05, 0) is 25.1 Å². The van der Waals surface area contributed by atoms with Crippen molar-refractivity contribution in [3.63, 3.8) is 0 Å². The summed E-state index contributed by atoms with van der Waals surface area (Å²) in [6, 6.07) is 8.34. The van der Waals surface area contributed by atoms with Gasteiger partial charge in [0.15, 0.2) is 6.61 Å². The van der Waals surface area contributed by atoms with E-state index in [0.29, 0.717) is 29.3 Å². The zero-order valence-corrected chi connectivity index (χ0v) is 12.4. The van der Waals surface area contributed by atoms with Crippen LogP contribution in [0.1, 0.15) is 21.8 Å². The van der Waals surface area contributed by atoms with Crippen molar-refractivity contribution in [3.8, 4) is 5.75 Å². The van der Waals surface area contributed by atoms with E-state index in [1.807, 2.05) is 0 Å². The largest absolute Gasteiger partial charge is 0.484 e.